The van der Waals surface area contributed by atoms with Gasteiger partial charge < -0.3 is 23.6 Å². The van der Waals surface area contributed by atoms with Crippen LogP contribution in [0.15, 0.2) is 60.7 Å². The summed E-state index contributed by atoms with van der Waals surface area (Å²) in [5.41, 5.74) is 1.33. The molecule has 16 heteroatoms. The number of imide groups is 2. The number of nitrogens with zero attached hydrogens (tertiary/aromatic N) is 3. The maximum atomic E-state index is 13.9. The van der Waals surface area contributed by atoms with Gasteiger partial charge >= 0.3 is 19.5 Å². The van der Waals surface area contributed by atoms with E-state index in [0.717, 1.165) is 4.90 Å². The van der Waals surface area contributed by atoms with E-state index in [1.54, 1.807) is 60.7 Å². The normalized spacial score (nSPS) is 15.0. The number of hydrogen-bond acceptors (Lipinski definition) is 12. The van der Waals surface area contributed by atoms with E-state index in [-0.39, 0.29) is 52.0 Å². The van der Waals surface area contributed by atoms with E-state index in [0.29, 0.717) is 21.3 Å². The maximum absolute atomic E-state index is 13.9. The van der Waals surface area contributed by atoms with Crippen LogP contribution in [-0.2, 0) is 70.1 Å². The molecule has 244 valence electrons. The summed E-state index contributed by atoms with van der Waals surface area (Å²) in [5, 5.41) is 0.720. The predicted octanol–water partition coefficient (Wildman–Crippen LogP) is 2.44. The van der Waals surface area contributed by atoms with Gasteiger partial charge in [-0.05, 0) is 11.1 Å². The fraction of sp³-hybridized carbons (Fsp3) is 0.367. The third-order valence-electron chi connectivity index (χ3n) is 6.79. The Morgan fingerprint density at radius 1 is 0.630 bits per heavy atom. The molecule has 4 rings (SSSR count). The number of hydrogen-bond donors (Lipinski definition) is 0. The summed E-state index contributed by atoms with van der Waals surface area (Å²) in [5.74, 6) is -5.60. The van der Waals surface area contributed by atoms with Gasteiger partial charge in [-0.25, -0.2) is 9.59 Å². The van der Waals surface area contributed by atoms with Gasteiger partial charge in [0.25, 0.3) is 23.6 Å². The van der Waals surface area contributed by atoms with E-state index in [4.69, 9.17) is 18.7 Å². The molecule has 2 aromatic carbocycles. The van der Waals surface area contributed by atoms with Crippen LogP contribution in [0.5, 0.6) is 0 Å². The second kappa shape index (κ2) is 16.0. The molecule has 2 saturated heterocycles. The Morgan fingerprint density at radius 3 is 1.37 bits per heavy atom. The molecule has 0 radical (unpaired) electrons. The number of benzene rings is 2. The van der Waals surface area contributed by atoms with Gasteiger partial charge in [0.1, 0.15) is 6.16 Å². The van der Waals surface area contributed by atoms with Crippen LogP contribution in [0.4, 0.5) is 0 Å². The zero-order valence-electron chi connectivity index (χ0n) is 24.7. The first kappa shape index (κ1) is 34.2. The summed E-state index contributed by atoms with van der Waals surface area (Å²) >= 11 is 0. The minimum absolute atomic E-state index is 0.109. The summed E-state index contributed by atoms with van der Waals surface area (Å²) in [7, 11) is -4.15. The van der Waals surface area contributed by atoms with E-state index < -0.39 is 68.1 Å². The minimum Gasteiger partial charge on any atom is -0.341 e. The van der Waals surface area contributed by atoms with E-state index in [1.807, 2.05) is 0 Å². The van der Waals surface area contributed by atoms with Crippen molar-refractivity contribution < 1.29 is 56.8 Å². The lowest BCUT2D eigenvalue weighted by atomic mass is 10.2. The predicted molar refractivity (Wildman–Crippen MR) is 155 cm³/mol. The molecule has 0 aliphatic carbocycles. The summed E-state index contributed by atoms with van der Waals surface area (Å²) in [6.07, 6.45) is -2.24. The van der Waals surface area contributed by atoms with Gasteiger partial charge in [-0.15, -0.1) is 10.1 Å². The van der Waals surface area contributed by atoms with E-state index >= 15 is 0 Å². The zero-order chi connectivity index (χ0) is 33.1. The van der Waals surface area contributed by atoms with Gasteiger partial charge in [-0.3, -0.25) is 28.5 Å². The molecule has 0 atom stereocenters. The number of carbonyl (C=O) groups excluding carboxylic acids is 7. The molecule has 5 amide bonds. The van der Waals surface area contributed by atoms with Crippen molar-refractivity contribution in [3.05, 3.63) is 71.8 Å². The molecule has 2 aliphatic heterocycles. The fourth-order valence-corrected chi connectivity index (χ4v) is 5.79. The van der Waals surface area contributed by atoms with Gasteiger partial charge in [-0.2, -0.15) is 0 Å². The van der Waals surface area contributed by atoms with Crippen molar-refractivity contribution in [2.45, 2.75) is 51.7 Å². The lowest BCUT2D eigenvalue weighted by Gasteiger charge is -2.25. The quantitative estimate of drug-likeness (QED) is 0.190. The Bertz CT molecular complexity index is 1380. The standard InChI is InChI=1S/C30H32N3O12P/c34-24-11-12-25(35)32(24)44-29(39)15-17-31(18-16-30(40)45-33-26(36)13-14-27(33)37)28(38)21-46(41,42-19-22-7-3-1-4-8-22)43-20-23-9-5-2-6-10-23/h1-10H,11-21H2. The molecule has 0 aromatic heterocycles. The SMILES string of the molecule is O=C(CCN(CCC(=O)ON1C(=O)CCC1=O)C(=O)CP(=O)(OCc1ccccc1)OCc1ccccc1)ON1C(=O)CCC1=O. The number of amides is 5. The molecule has 15 nitrogen and oxygen atoms in total. The van der Waals surface area contributed by atoms with Crippen molar-refractivity contribution in [2.24, 2.45) is 0 Å². The largest absolute Gasteiger partial charge is 0.341 e. The van der Waals surface area contributed by atoms with E-state index in [2.05, 4.69) is 0 Å². The number of hydroxylamine groups is 4. The maximum Gasteiger partial charge on any atom is 0.340 e. The van der Waals surface area contributed by atoms with Crippen molar-refractivity contribution in [1.29, 1.82) is 0 Å². The Labute approximate surface area is 263 Å². The molecule has 0 bridgehead atoms. The third kappa shape index (κ3) is 9.89. The Hall–Kier alpha value is -4.72. The highest BCUT2D eigenvalue weighted by Gasteiger charge is 2.36. The van der Waals surface area contributed by atoms with Crippen LogP contribution in [0.25, 0.3) is 0 Å². The van der Waals surface area contributed by atoms with E-state index in [1.165, 1.54) is 0 Å². The smallest absolute Gasteiger partial charge is 0.340 e. The summed E-state index contributed by atoms with van der Waals surface area (Å²) in [6.45, 7) is -1.07. The lowest BCUT2D eigenvalue weighted by Crippen LogP contribution is -2.39. The van der Waals surface area contributed by atoms with Gasteiger partial charge in [0.2, 0.25) is 5.91 Å². The van der Waals surface area contributed by atoms with Gasteiger partial charge in [-0.1, -0.05) is 60.7 Å². The highest BCUT2D eigenvalue weighted by atomic mass is 31.2. The highest BCUT2D eigenvalue weighted by Crippen LogP contribution is 2.50. The monoisotopic (exact) mass is 657 g/mol. The Morgan fingerprint density at radius 2 is 1.00 bits per heavy atom. The highest BCUT2D eigenvalue weighted by molar-refractivity contribution is 7.54. The average molecular weight is 658 g/mol. The summed E-state index contributed by atoms with van der Waals surface area (Å²) < 4.78 is 25.3. The van der Waals surface area contributed by atoms with Gasteiger partial charge in [0.05, 0.1) is 26.1 Å². The van der Waals surface area contributed by atoms with Crippen molar-refractivity contribution in [3.63, 3.8) is 0 Å². The lowest BCUT2D eigenvalue weighted by molar-refractivity contribution is -0.198. The first-order chi connectivity index (χ1) is 22.0. The van der Waals surface area contributed by atoms with E-state index in [9.17, 15) is 38.1 Å². The minimum atomic E-state index is -4.15. The molecular weight excluding hydrogens is 625 g/mol. The zero-order valence-corrected chi connectivity index (χ0v) is 25.6. The summed E-state index contributed by atoms with van der Waals surface area (Å²) in [6, 6.07) is 17.5. The molecule has 2 fully saturated rings. The second-order valence-corrected chi connectivity index (χ2v) is 12.3. The second-order valence-electron chi connectivity index (χ2n) is 10.3. The van der Waals surface area contributed by atoms with Gasteiger partial charge in [0.15, 0.2) is 0 Å². The van der Waals surface area contributed by atoms with Crippen molar-refractivity contribution in [3.8, 4) is 0 Å². The molecule has 2 aliphatic rings. The van der Waals surface area contributed by atoms with Crippen LogP contribution >= 0.6 is 7.60 Å². The van der Waals surface area contributed by atoms with Crippen LogP contribution < -0.4 is 0 Å². The molecule has 0 N–H and O–H groups in total. The van der Waals surface area contributed by atoms with Gasteiger partial charge in [0, 0.05) is 38.8 Å². The average Bonchev–Trinajstić information content (AvgIpc) is 3.54. The Balaban J connectivity index is 1.45. The Kier molecular flexibility index (Phi) is 11.9. The summed E-state index contributed by atoms with van der Waals surface area (Å²) in [4.78, 5) is 96.5. The van der Waals surface area contributed by atoms with Crippen molar-refractivity contribution in [1.82, 2.24) is 15.0 Å². The van der Waals surface area contributed by atoms with Crippen LogP contribution in [0, 0.1) is 0 Å². The molecule has 2 heterocycles. The molecule has 46 heavy (non-hydrogen) atoms. The number of carbonyl (C=O) groups is 7. The molecular formula is C30H32N3O12P. The molecule has 2 aromatic rings. The molecule has 0 unspecified atom stereocenters. The first-order valence-corrected chi connectivity index (χ1v) is 16.1. The van der Waals surface area contributed by atoms with Crippen molar-refractivity contribution >= 4 is 49.1 Å². The third-order valence-corrected chi connectivity index (χ3v) is 8.50. The topological polar surface area (TPSA) is 183 Å². The number of rotatable bonds is 16. The fourth-order valence-electron chi connectivity index (χ4n) is 4.31. The molecule has 0 saturated carbocycles. The van der Waals surface area contributed by atoms with Crippen LogP contribution in [0.3, 0.4) is 0 Å². The van der Waals surface area contributed by atoms with Crippen LogP contribution in [0.1, 0.15) is 49.7 Å². The first-order valence-electron chi connectivity index (χ1n) is 14.4. The van der Waals surface area contributed by atoms with Crippen LogP contribution in [0.2, 0.25) is 0 Å². The molecule has 0 spiro atoms. The van der Waals surface area contributed by atoms with Crippen molar-refractivity contribution in [2.75, 3.05) is 19.3 Å². The van der Waals surface area contributed by atoms with Crippen LogP contribution in [-0.4, -0.2) is 75.8 Å².